The standard InChI is InChI=1S/C16H15FN2OS/c1-10-7-11(9-12(17)8-10)16(20)19(2)14-6-4-3-5-13(14)15(18)21/h3-9H,1-2H3,(H2,18,21). The zero-order valence-electron chi connectivity index (χ0n) is 11.8. The van der Waals surface area contributed by atoms with Gasteiger partial charge in [-0.3, -0.25) is 4.79 Å². The topological polar surface area (TPSA) is 46.3 Å². The van der Waals surface area contributed by atoms with Gasteiger partial charge in [-0.15, -0.1) is 0 Å². The second kappa shape index (κ2) is 6.01. The highest BCUT2D eigenvalue weighted by Crippen LogP contribution is 2.21. The van der Waals surface area contributed by atoms with Crippen molar-refractivity contribution < 1.29 is 9.18 Å². The van der Waals surface area contributed by atoms with E-state index in [9.17, 15) is 9.18 Å². The van der Waals surface area contributed by atoms with Gasteiger partial charge in [-0.05, 0) is 42.8 Å². The summed E-state index contributed by atoms with van der Waals surface area (Å²) in [5.41, 5.74) is 7.85. The summed E-state index contributed by atoms with van der Waals surface area (Å²) in [6.07, 6.45) is 0. The first kappa shape index (κ1) is 15.1. The van der Waals surface area contributed by atoms with Gasteiger partial charge in [0.1, 0.15) is 10.8 Å². The first-order chi connectivity index (χ1) is 9.90. The Labute approximate surface area is 128 Å². The number of halogens is 1. The van der Waals surface area contributed by atoms with Gasteiger partial charge in [-0.2, -0.15) is 0 Å². The van der Waals surface area contributed by atoms with Crippen LogP contribution in [0.3, 0.4) is 0 Å². The third kappa shape index (κ3) is 3.25. The number of nitrogens with zero attached hydrogens (tertiary/aromatic N) is 1. The number of carbonyl (C=O) groups is 1. The fourth-order valence-electron chi connectivity index (χ4n) is 2.14. The smallest absolute Gasteiger partial charge is 0.258 e. The maximum Gasteiger partial charge on any atom is 0.258 e. The molecule has 0 saturated heterocycles. The van der Waals surface area contributed by atoms with Gasteiger partial charge in [-0.1, -0.05) is 24.4 Å². The van der Waals surface area contributed by atoms with Crippen LogP contribution in [-0.4, -0.2) is 17.9 Å². The minimum Gasteiger partial charge on any atom is -0.389 e. The number of hydrogen-bond acceptors (Lipinski definition) is 2. The molecule has 1 amide bonds. The number of aryl methyl sites for hydroxylation is 1. The molecule has 3 nitrogen and oxygen atoms in total. The number of amides is 1. The average molecular weight is 302 g/mol. The van der Waals surface area contributed by atoms with E-state index < -0.39 is 5.82 Å². The Kier molecular flexibility index (Phi) is 4.33. The molecule has 2 rings (SSSR count). The van der Waals surface area contributed by atoms with Gasteiger partial charge < -0.3 is 10.6 Å². The molecule has 0 radical (unpaired) electrons. The number of nitrogens with two attached hydrogens (primary N) is 1. The Morgan fingerprint density at radius 1 is 1.24 bits per heavy atom. The number of anilines is 1. The first-order valence-corrected chi connectivity index (χ1v) is 6.75. The van der Waals surface area contributed by atoms with Gasteiger partial charge in [0, 0.05) is 18.2 Å². The molecular weight excluding hydrogens is 287 g/mol. The molecule has 0 aliphatic carbocycles. The molecule has 0 bridgehead atoms. The summed E-state index contributed by atoms with van der Waals surface area (Å²) in [6, 6.07) is 11.3. The lowest BCUT2D eigenvalue weighted by molar-refractivity contribution is 0.0992. The van der Waals surface area contributed by atoms with E-state index in [1.807, 2.05) is 0 Å². The van der Waals surface area contributed by atoms with Crippen LogP contribution in [0, 0.1) is 12.7 Å². The predicted molar refractivity (Wildman–Crippen MR) is 86.2 cm³/mol. The molecule has 108 valence electrons. The zero-order valence-corrected chi connectivity index (χ0v) is 12.6. The molecule has 21 heavy (non-hydrogen) atoms. The van der Waals surface area contributed by atoms with E-state index in [1.54, 1.807) is 44.3 Å². The van der Waals surface area contributed by atoms with Crippen LogP contribution in [0.5, 0.6) is 0 Å². The van der Waals surface area contributed by atoms with Crippen LogP contribution in [0.4, 0.5) is 10.1 Å². The summed E-state index contributed by atoms with van der Waals surface area (Å²) in [7, 11) is 1.61. The molecule has 2 aromatic carbocycles. The molecule has 0 aliphatic heterocycles. The van der Waals surface area contributed by atoms with Crippen LogP contribution in [-0.2, 0) is 0 Å². The molecule has 0 aliphatic rings. The van der Waals surface area contributed by atoms with Crippen molar-refractivity contribution >= 4 is 28.8 Å². The molecule has 0 saturated carbocycles. The number of para-hydroxylation sites is 1. The Hall–Kier alpha value is -2.27. The molecule has 0 heterocycles. The SMILES string of the molecule is Cc1cc(F)cc(C(=O)N(C)c2ccccc2C(N)=S)c1. The molecule has 2 N–H and O–H groups in total. The van der Waals surface area contributed by atoms with E-state index in [2.05, 4.69) is 0 Å². The second-order valence-electron chi connectivity index (χ2n) is 4.76. The fourth-order valence-corrected chi connectivity index (χ4v) is 2.31. The maximum absolute atomic E-state index is 13.5. The number of thiocarbonyl (C=S) groups is 1. The van der Waals surface area contributed by atoms with E-state index in [1.165, 1.54) is 17.0 Å². The van der Waals surface area contributed by atoms with E-state index in [0.717, 1.165) is 0 Å². The molecule has 0 spiro atoms. The monoisotopic (exact) mass is 302 g/mol. The molecule has 0 fully saturated rings. The summed E-state index contributed by atoms with van der Waals surface area (Å²) < 4.78 is 13.5. The van der Waals surface area contributed by atoms with Crippen LogP contribution in [0.1, 0.15) is 21.5 Å². The highest BCUT2D eigenvalue weighted by Gasteiger charge is 2.18. The van der Waals surface area contributed by atoms with Crippen molar-refractivity contribution in [3.8, 4) is 0 Å². The second-order valence-corrected chi connectivity index (χ2v) is 5.20. The van der Waals surface area contributed by atoms with Crippen molar-refractivity contribution in [1.82, 2.24) is 0 Å². The van der Waals surface area contributed by atoms with Gasteiger partial charge in [0.05, 0.1) is 5.69 Å². The van der Waals surface area contributed by atoms with Gasteiger partial charge in [0.15, 0.2) is 0 Å². The van der Waals surface area contributed by atoms with Crippen molar-refractivity contribution in [2.45, 2.75) is 6.92 Å². The average Bonchev–Trinajstić information content (AvgIpc) is 2.44. The molecule has 0 atom stereocenters. The molecular formula is C16H15FN2OS. The quantitative estimate of drug-likeness (QED) is 0.886. The minimum absolute atomic E-state index is 0.209. The summed E-state index contributed by atoms with van der Waals surface area (Å²) >= 11 is 4.99. The Bertz CT molecular complexity index is 695. The zero-order chi connectivity index (χ0) is 15.6. The largest absolute Gasteiger partial charge is 0.389 e. The highest BCUT2D eigenvalue weighted by molar-refractivity contribution is 7.80. The Balaban J connectivity index is 2.42. The third-order valence-corrected chi connectivity index (χ3v) is 3.34. The van der Waals surface area contributed by atoms with Crippen LogP contribution in [0.25, 0.3) is 0 Å². The van der Waals surface area contributed by atoms with E-state index >= 15 is 0 Å². The van der Waals surface area contributed by atoms with Crippen LogP contribution >= 0.6 is 12.2 Å². The number of rotatable bonds is 3. The lowest BCUT2D eigenvalue weighted by atomic mass is 10.1. The lowest BCUT2D eigenvalue weighted by Crippen LogP contribution is -2.28. The van der Waals surface area contributed by atoms with Gasteiger partial charge in [-0.25, -0.2) is 4.39 Å². The Morgan fingerprint density at radius 3 is 2.52 bits per heavy atom. The van der Waals surface area contributed by atoms with Crippen molar-refractivity contribution in [3.63, 3.8) is 0 Å². The predicted octanol–water partition coefficient (Wildman–Crippen LogP) is 3.04. The van der Waals surface area contributed by atoms with Crippen molar-refractivity contribution in [3.05, 3.63) is 65.0 Å². The van der Waals surface area contributed by atoms with Crippen LogP contribution < -0.4 is 10.6 Å². The number of carbonyl (C=O) groups excluding carboxylic acids is 1. The van der Waals surface area contributed by atoms with Crippen LogP contribution in [0.2, 0.25) is 0 Å². The minimum atomic E-state index is -0.436. The number of hydrogen-bond donors (Lipinski definition) is 1. The Morgan fingerprint density at radius 2 is 1.90 bits per heavy atom. The highest BCUT2D eigenvalue weighted by atomic mass is 32.1. The van der Waals surface area contributed by atoms with E-state index in [4.69, 9.17) is 18.0 Å². The van der Waals surface area contributed by atoms with Crippen LogP contribution in [0.15, 0.2) is 42.5 Å². The summed E-state index contributed by atoms with van der Waals surface area (Å²) in [5.74, 6) is -0.754. The molecule has 0 unspecified atom stereocenters. The van der Waals surface area contributed by atoms with E-state index in [-0.39, 0.29) is 16.5 Å². The molecule has 2 aromatic rings. The van der Waals surface area contributed by atoms with Crippen molar-refractivity contribution in [1.29, 1.82) is 0 Å². The van der Waals surface area contributed by atoms with Gasteiger partial charge in [0.25, 0.3) is 5.91 Å². The lowest BCUT2D eigenvalue weighted by Gasteiger charge is -2.20. The summed E-state index contributed by atoms with van der Waals surface area (Å²) in [6.45, 7) is 1.74. The first-order valence-electron chi connectivity index (χ1n) is 6.34. The van der Waals surface area contributed by atoms with Gasteiger partial charge >= 0.3 is 0 Å². The van der Waals surface area contributed by atoms with Crippen molar-refractivity contribution in [2.24, 2.45) is 5.73 Å². The van der Waals surface area contributed by atoms with Gasteiger partial charge in [0.2, 0.25) is 0 Å². The third-order valence-electron chi connectivity index (χ3n) is 3.12. The normalized spacial score (nSPS) is 10.2. The molecule has 0 aromatic heterocycles. The summed E-state index contributed by atoms with van der Waals surface area (Å²) in [4.78, 5) is 14.1. The molecule has 5 heteroatoms. The van der Waals surface area contributed by atoms with E-state index in [0.29, 0.717) is 16.8 Å². The van der Waals surface area contributed by atoms with Crippen molar-refractivity contribution in [2.75, 3.05) is 11.9 Å². The fraction of sp³-hybridized carbons (Fsp3) is 0.125. The maximum atomic E-state index is 13.5. The summed E-state index contributed by atoms with van der Waals surface area (Å²) in [5, 5.41) is 0. The number of benzene rings is 2.